The lowest BCUT2D eigenvalue weighted by Gasteiger charge is -2.16. The number of phenols is 1. The Morgan fingerprint density at radius 2 is 2.31 bits per heavy atom. The fourth-order valence-corrected chi connectivity index (χ4v) is 2.31. The van der Waals surface area contributed by atoms with Crippen molar-refractivity contribution in [2.24, 2.45) is 0 Å². The molecule has 1 fully saturated rings. The van der Waals surface area contributed by atoms with Gasteiger partial charge in [-0.15, -0.1) is 0 Å². The zero-order chi connectivity index (χ0) is 11.7. The summed E-state index contributed by atoms with van der Waals surface area (Å²) in [6.07, 6.45) is 0.877. The maximum atomic E-state index is 13.0. The van der Waals surface area contributed by atoms with Gasteiger partial charge in [-0.05, 0) is 24.6 Å². The first-order valence-electron chi connectivity index (χ1n) is 5.00. The Hall–Kier alpha value is -1.10. The van der Waals surface area contributed by atoms with Crippen LogP contribution in [0.25, 0.3) is 0 Å². The van der Waals surface area contributed by atoms with Gasteiger partial charge < -0.3 is 10.0 Å². The van der Waals surface area contributed by atoms with Gasteiger partial charge in [-0.2, -0.15) is 0 Å². The highest BCUT2D eigenvalue weighted by atomic mass is 79.9. The number of likely N-dealkylation sites (tertiary alicyclic amines) is 1. The van der Waals surface area contributed by atoms with Gasteiger partial charge in [0.25, 0.3) is 5.91 Å². The van der Waals surface area contributed by atoms with E-state index in [4.69, 9.17) is 0 Å². The number of carbonyl (C=O) groups is 1. The number of hydrogen-bond acceptors (Lipinski definition) is 2. The molecule has 1 atom stereocenters. The molecule has 1 N–H and O–H groups in total. The minimum Gasteiger partial charge on any atom is -0.507 e. The first-order chi connectivity index (χ1) is 7.58. The maximum absolute atomic E-state index is 13.0. The van der Waals surface area contributed by atoms with Crippen LogP contribution < -0.4 is 0 Å². The minimum absolute atomic E-state index is 0.0293. The number of carbonyl (C=O) groups excluding carboxylic acids is 1. The Bertz CT molecular complexity index is 424. The number of aromatic hydroxyl groups is 1. The largest absolute Gasteiger partial charge is 0.507 e. The van der Waals surface area contributed by atoms with Crippen LogP contribution in [0.1, 0.15) is 16.8 Å². The molecule has 0 radical (unpaired) electrons. The standard InChI is InChI=1S/C11H11BrFNO2/c12-7-3-4-14(6-7)11(16)9-5-8(13)1-2-10(9)15/h1-2,5,7,15H,3-4,6H2. The molecule has 0 aromatic heterocycles. The van der Waals surface area contributed by atoms with Gasteiger partial charge in [0, 0.05) is 17.9 Å². The maximum Gasteiger partial charge on any atom is 0.257 e. The van der Waals surface area contributed by atoms with Crippen molar-refractivity contribution in [3.63, 3.8) is 0 Å². The second-order valence-corrected chi connectivity index (χ2v) is 5.09. The number of phenolic OH excluding ortho intramolecular Hbond substituents is 1. The zero-order valence-electron chi connectivity index (χ0n) is 8.49. The van der Waals surface area contributed by atoms with E-state index in [1.807, 2.05) is 0 Å². The van der Waals surface area contributed by atoms with Crippen molar-refractivity contribution in [2.45, 2.75) is 11.2 Å². The monoisotopic (exact) mass is 287 g/mol. The predicted molar refractivity (Wildman–Crippen MR) is 61.3 cm³/mol. The molecule has 1 saturated heterocycles. The summed E-state index contributed by atoms with van der Waals surface area (Å²) in [6.45, 7) is 1.22. The van der Waals surface area contributed by atoms with Gasteiger partial charge in [0.2, 0.25) is 0 Å². The molecule has 1 aliphatic heterocycles. The molecular weight excluding hydrogens is 277 g/mol. The van der Waals surface area contributed by atoms with E-state index < -0.39 is 5.82 Å². The van der Waals surface area contributed by atoms with Crippen molar-refractivity contribution in [1.29, 1.82) is 0 Å². The molecular formula is C11H11BrFNO2. The molecule has 5 heteroatoms. The van der Waals surface area contributed by atoms with E-state index in [1.54, 1.807) is 4.90 Å². The Balaban J connectivity index is 2.23. The van der Waals surface area contributed by atoms with E-state index in [1.165, 1.54) is 6.07 Å². The molecule has 1 aromatic carbocycles. The predicted octanol–water partition coefficient (Wildman–Crippen LogP) is 2.14. The molecule has 3 nitrogen and oxygen atoms in total. The number of hydrogen-bond donors (Lipinski definition) is 1. The smallest absolute Gasteiger partial charge is 0.257 e. The van der Waals surface area contributed by atoms with Gasteiger partial charge in [-0.1, -0.05) is 15.9 Å². The summed E-state index contributed by atoms with van der Waals surface area (Å²) < 4.78 is 13.0. The molecule has 86 valence electrons. The normalized spacial score (nSPS) is 20.1. The van der Waals surface area contributed by atoms with Crippen molar-refractivity contribution in [1.82, 2.24) is 4.90 Å². The number of benzene rings is 1. The van der Waals surface area contributed by atoms with Crippen LogP contribution in [0.2, 0.25) is 0 Å². The van der Waals surface area contributed by atoms with Gasteiger partial charge in [0.15, 0.2) is 0 Å². The molecule has 16 heavy (non-hydrogen) atoms. The van der Waals surface area contributed by atoms with Crippen LogP contribution in [0.3, 0.4) is 0 Å². The molecule has 1 unspecified atom stereocenters. The Morgan fingerprint density at radius 1 is 1.56 bits per heavy atom. The number of nitrogens with zero attached hydrogens (tertiary/aromatic N) is 1. The van der Waals surface area contributed by atoms with Gasteiger partial charge >= 0.3 is 0 Å². The minimum atomic E-state index is -0.518. The van der Waals surface area contributed by atoms with Crippen LogP contribution >= 0.6 is 15.9 Å². The van der Waals surface area contributed by atoms with Gasteiger partial charge in [0.05, 0.1) is 5.56 Å². The van der Waals surface area contributed by atoms with E-state index in [0.717, 1.165) is 18.6 Å². The molecule has 1 aromatic rings. The zero-order valence-corrected chi connectivity index (χ0v) is 10.1. The lowest BCUT2D eigenvalue weighted by atomic mass is 10.1. The Morgan fingerprint density at radius 3 is 2.94 bits per heavy atom. The highest BCUT2D eigenvalue weighted by molar-refractivity contribution is 9.09. The molecule has 1 aliphatic rings. The average molecular weight is 288 g/mol. The summed E-state index contributed by atoms with van der Waals surface area (Å²) in [7, 11) is 0. The molecule has 0 spiro atoms. The molecule has 0 bridgehead atoms. The Labute approximate surface area is 101 Å². The Kier molecular flexibility index (Phi) is 3.14. The van der Waals surface area contributed by atoms with Crippen molar-refractivity contribution in [3.8, 4) is 5.75 Å². The lowest BCUT2D eigenvalue weighted by Crippen LogP contribution is -2.28. The number of alkyl halides is 1. The van der Waals surface area contributed by atoms with Crippen LogP contribution in [0, 0.1) is 5.82 Å². The number of rotatable bonds is 1. The summed E-state index contributed by atoms with van der Waals surface area (Å²) in [5, 5.41) is 9.51. The van der Waals surface area contributed by atoms with E-state index >= 15 is 0 Å². The highest BCUT2D eigenvalue weighted by Crippen LogP contribution is 2.23. The topological polar surface area (TPSA) is 40.5 Å². The quantitative estimate of drug-likeness (QED) is 0.804. The van der Waals surface area contributed by atoms with Crippen LogP contribution in [0.5, 0.6) is 5.75 Å². The van der Waals surface area contributed by atoms with Crippen molar-refractivity contribution in [2.75, 3.05) is 13.1 Å². The second kappa shape index (κ2) is 4.41. The molecule has 1 heterocycles. The molecule has 2 rings (SSSR count). The first kappa shape index (κ1) is 11.4. The van der Waals surface area contributed by atoms with Crippen LogP contribution in [-0.4, -0.2) is 33.8 Å². The van der Waals surface area contributed by atoms with Gasteiger partial charge in [-0.3, -0.25) is 4.79 Å². The van der Waals surface area contributed by atoms with E-state index in [-0.39, 0.29) is 22.0 Å². The summed E-state index contributed by atoms with van der Waals surface area (Å²) in [5.41, 5.74) is 0.0293. The van der Waals surface area contributed by atoms with Crippen molar-refractivity contribution in [3.05, 3.63) is 29.6 Å². The van der Waals surface area contributed by atoms with Crippen LogP contribution in [-0.2, 0) is 0 Å². The van der Waals surface area contributed by atoms with E-state index in [0.29, 0.717) is 13.1 Å². The number of amides is 1. The third kappa shape index (κ3) is 2.19. The van der Waals surface area contributed by atoms with Crippen molar-refractivity contribution < 1.29 is 14.3 Å². The van der Waals surface area contributed by atoms with Crippen LogP contribution in [0.4, 0.5) is 4.39 Å². The number of halogens is 2. The summed E-state index contributed by atoms with van der Waals surface area (Å²) in [4.78, 5) is 13.8. The molecule has 0 aliphatic carbocycles. The summed E-state index contributed by atoms with van der Waals surface area (Å²) in [5.74, 6) is -1.01. The molecule has 0 saturated carbocycles. The van der Waals surface area contributed by atoms with Gasteiger partial charge in [-0.25, -0.2) is 4.39 Å². The fraction of sp³-hybridized carbons (Fsp3) is 0.364. The van der Waals surface area contributed by atoms with Crippen LogP contribution in [0.15, 0.2) is 18.2 Å². The molecule has 1 amide bonds. The summed E-state index contributed by atoms with van der Waals surface area (Å²) >= 11 is 3.42. The third-order valence-corrected chi connectivity index (χ3v) is 3.35. The third-order valence-electron chi connectivity index (χ3n) is 2.61. The highest BCUT2D eigenvalue weighted by Gasteiger charge is 2.26. The summed E-state index contributed by atoms with van der Waals surface area (Å²) in [6, 6.07) is 3.40. The SMILES string of the molecule is O=C(c1cc(F)ccc1O)N1CCC(Br)C1. The average Bonchev–Trinajstić information content (AvgIpc) is 2.67. The second-order valence-electron chi connectivity index (χ2n) is 3.80. The van der Waals surface area contributed by atoms with E-state index in [9.17, 15) is 14.3 Å². The van der Waals surface area contributed by atoms with E-state index in [2.05, 4.69) is 15.9 Å². The lowest BCUT2D eigenvalue weighted by molar-refractivity contribution is 0.0790. The van der Waals surface area contributed by atoms with Gasteiger partial charge in [0.1, 0.15) is 11.6 Å². The first-order valence-corrected chi connectivity index (χ1v) is 5.91. The fourth-order valence-electron chi connectivity index (χ4n) is 1.75. The van der Waals surface area contributed by atoms with Crippen molar-refractivity contribution >= 4 is 21.8 Å².